The topological polar surface area (TPSA) is 73.2 Å². The summed E-state index contributed by atoms with van der Waals surface area (Å²) in [6, 6.07) is 5.53. The van der Waals surface area contributed by atoms with Crippen molar-refractivity contribution in [3.05, 3.63) is 30.1 Å². The van der Waals surface area contributed by atoms with E-state index in [0.717, 1.165) is 43.1 Å². The maximum Gasteiger partial charge on any atom is 0.407 e. The lowest BCUT2D eigenvalue weighted by atomic mass is 10.2. The van der Waals surface area contributed by atoms with Crippen molar-refractivity contribution >= 4 is 23.4 Å². The Bertz CT molecular complexity index is 701. The summed E-state index contributed by atoms with van der Waals surface area (Å²) in [5, 5.41) is 2.76. The number of aromatic nitrogens is 2. The van der Waals surface area contributed by atoms with Crippen LogP contribution >= 0.6 is 0 Å². The van der Waals surface area contributed by atoms with Gasteiger partial charge in [0, 0.05) is 18.7 Å². The minimum atomic E-state index is -0.462. The monoisotopic (exact) mass is 331 g/mol. The number of alkyl carbamates (subject to hydrolysis) is 1. The van der Waals surface area contributed by atoms with Crippen LogP contribution in [0.3, 0.4) is 0 Å². The molecular weight excluding hydrogens is 306 g/mol. The molecule has 0 unspecified atom stereocenters. The molecule has 2 rings (SSSR count). The van der Waals surface area contributed by atoms with E-state index in [0.29, 0.717) is 12.1 Å². The van der Waals surface area contributed by atoms with Crippen molar-refractivity contribution in [3.8, 4) is 0 Å². The summed E-state index contributed by atoms with van der Waals surface area (Å²) >= 11 is 0. The smallest absolute Gasteiger partial charge is 0.407 e. The Morgan fingerprint density at radius 2 is 2.08 bits per heavy atom. The Hall–Kier alpha value is -2.37. The van der Waals surface area contributed by atoms with Crippen molar-refractivity contribution in [2.75, 3.05) is 6.54 Å². The fourth-order valence-electron chi connectivity index (χ4n) is 2.42. The summed E-state index contributed by atoms with van der Waals surface area (Å²) in [5.74, 6) is 0. The van der Waals surface area contributed by atoms with Crippen LogP contribution in [-0.2, 0) is 11.3 Å². The van der Waals surface area contributed by atoms with Gasteiger partial charge >= 0.3 is 6.09 Å². The number of hydrogen-bond acceptors (Lipinski definition) is 4. The SMILES string of the molecule is CC(C)(C)OC(=O)NCCCCCn1cnc2cc(C=O)ccc21. The number of benzene rings is 1. The highest BCUT2D eigenvalue weighted by Crippen LogP contribution is 2.15. The zero-order chi connectivity index (χ0) is 17.6. The first kappa shape index (κ1) is 18.0. The van der Waals surface area contributed by atoms with Crippen molar-refractivity contribution in [1.82, 2.24) is 14.9 Å². The predicted octanol–water partition coefficient (Wildman–Crippen LogP) is 3.54. The summed E-state index contributed by atoms with van der Waals surface area (Å²) in [4.78, 5) is 26.6. The van der Waals surface area contributed by atoms with E-state index in [1.807, 2.05) is 26.8 Å². The molecular formula is C18H25N3O3. The van der Waals surface area contributed by atoms with E-state index < -0.39 is 5.60 Å². The molecule has 0 spiro atoms. The Kier molecular flexibility index (Phi) is 5.95. The molecule has 0 saturated carbocycles. The Balaban J connectivity index is 1.70. The lowest BCUT2D eigenvalue weighted by Gasteiger charge is -2.19. The summed E-state index contributed by atoms with van der Waals surface area (Å²) in [6.45, 7) is 7.02. The highest BCUT2D eigenvalue weighted by Gasteiger charge is 2.15. The van der Waals surface area contributed by atoms with Gasteiger partial charge in [-0.05, 0) is 58.2 Å². The Morgan fingerprint density at radius 1 is 1.29 bits per heavy atom. The van der Waals surface area contributed by atoms with Gasteiger partial charge in [0.15, 0.2) is 0 Å². The maximum atomic E-state index is 11.5. The maximum absolute atomic E-state index is 11.5. The van der Waals surface area contributed by atoms with Crippen LogP contribution in [0.15, 0.2) is 24.5 Å². The van der Waals surface area contributed by atoms with E-state index in [-0.39, 0.29) is 6.09 Å². The zero-order valence-corrected chi connectivity index (χ0v) is 14.5. The van der Waals surface area contributed by atoms with E-state index in [1.165, 1.54) is 0 Å². The second kappa shape index (κ2) is 7.95. The van der Waals surface area contributed by atoms with Crippen molar-refractivity contribution in [2.24, 2.45) is 0 Å². The third-order valence-electron chi connectivity index (χ3n) is 3.53. The fraction of sp³-hybridized carbons (Fsp3) is 0.500. The number of nitrogens with zero attached hydrogens (tertiary/aromatic N) is 2. The van der Waals surface area contributed by atoms with E-state index in [2.05, 4.69) is 14.9 Å². The van der Waals surface area contributed by atoms with Gasteiger partial charge in [0.1, 0.15) is 11.9 Å². The van der Waals surface area contributed by atoms with E-state index in [9.17, 15) is 9.59 Å². The minimum absolute atomic E-state index is 0.367. The van der Waals surface area contributed by atoms with Crippen LogP contribution in [0.4, 0.5) is 4.79 Å². The summed E-state index contributed by atoms with van der Waals surface area (Å²) in [7, 11) is 0. The molecule has 0 radical (unpaired) electrons. The van der Waals surface area contributed by atoms with Crippen LogP contribution in [0, 0.1) is 0 Å². The van der Waals surface area contributed by atoms with Crippen molar-refractivity contribution < 1.29 is 14.3 Å². The first-order chi connectivity index (χ1) is 11.4. The number of aldehydes is 1. The molecule has 24 heavy (non-hydrogen) atoms. The summed E-state index contributed by atoms with van der Waals surface area (Å²) in [5.41, 5.74) is 2.05. The fourth-order valence-corrected chi connectivity index (χ4v) is 2.42. The molecule has 1 aromatic heterocycles. The van der Waals surface area contributed by atoms with Crippen molar-refractivity contribution in [1.29, 1.82) is 0 Å². The van der Waals surface area contributed by atoms with Crippen LogP contribution < -0.4 is 5.32 Å². The normalized spacial score (nSPS) is 11.5. The van der Waals surface area contributed by atoms with Crippen LogP contribution in [0.25, 0.3) is 11.0 Å². The van der Waals surface area contributed by atoms with Crippen LogP contribution in [0.1, 0.15) is 50.4 Å². The number of carbonyl (C=O) groups is 2. The number of amides is 1. The van der Waals surface area contributed by atoms with Crippen LogP contribution in [0.5, 0.6) is 0 Å². The number of fused-ring (bicyclic) bond motifs is 1. The molecule has 0 fully saturated rings. The van der Waals surface area contributed by atoms with Crippen molar-refractivity contribution in [2.45, 2.75) is 52.2 Å². The summed E-state index contributed by atoms with van der Waals surface area (Å²) in [6.07, 6.45) is 5.17. The van der Waals surface area contributed by atoms with Crippen molar-refractivity contribution in [3.63, 3.8) is 0 Å². The number of unbranched alkanes of at least 4 members (excludes halogenated alkanes) is 2. The Labute approximate surface area is 142 Å². The molecule has 1 amide bonds. The predicted molar refractivity (Wildman–Crippen MR) is 93.2 cm³/mol. The summed E-state index contributed by atoms with van der Waals surface area (Å²) < 4.78 is 7.27. The molecule has 0 bridgehead atoms. The third kappa shape index (κ3) is 5.37. The largest absolute Gasteiger partial charge is 0.444 e. The lowest BCUT2D eigenvalue weighted by Crippen LogP contribution is -2.33. The number of nitrogens with one attached hydrogen (secondary N) is 1. The molecule has 130 valence electrons. The molecule has 1 heterocycles. The van der Waals surface area contributed by atoms with Gasteiger partial charge < -0.3 is 14.6 Å². The van der Waals surface area contributed by atoms with Gasteiger partial charge in [0.25, 0.3) is 0 Å². The quantitative estimate of drug-likeness (QED) is 0.622. The van der Waals surface area contributed by atoms with E-state index in [4.69, 9.17) is 4.74 Å². The average molecular weight is 331 g/mol. The van der Waals surface area contributed by atoms with Crippen LogP contribution in [0.2, 0.25) is 0 Å². The van der Waals surface area contributed by atoms with Gasteiger partial charge in [-0.25, -0.2) is 9.78 Å². The molecule has 0 atom stereocenters. The molecule has 0 aliphatic carbocycles. The standard InChI is InChI=1S/C18H25N3O3/c1-18(2,3)24-17(23)19-9-5-4-6-10-21-13-20-15-11-14(12-22)7-8-16(15)21/h7-8,11-13H,4-6,9-10H2,1-3H3,(H,19,23). The number of aryl methyl sites for hydroxylation is 1. The minimum Gasteiger partial charge on any atom is -0.444 e. The molecule has 0 aliphatic rings. The number of ether oxygens (including phenoxy) is 1. The number of rotatable bonds is 7. The second-order valence-corrected chi connectivity index (χ2v) is 6.79. The number of hydrogen-bond donors (Lipinski definition) is 1. The number of imidazole rings is 1. The van der Waals surface area contributed by atoms with E-state index in [1.54, 1.807) is 18.5 Å². The number of carbonyl (C=O) groups excluding carboxylic acids is 2. The highest BCUT2D eigenvalue weighted by atomic mass is 16.6. The highest BCUT2D eigenvalue weighted by molar-refractivity contribution is 5.84. The molecule has 1 aromatic carbocycles. The molecule has 0 saturated heterocycles. The molecule has 2 aromatic rings. The zero-order valence-electron chi connectivity index (χ0n) is 14.5. The molecule has 6 heteroatoms. The first-order valence-electron chi connectivity index (χ1n) is 8.26. The van der Waals surface area contributed by atoms with Gasteiger partial charge in [-0.1, -0.05) is 0 Å². The first-order valence-corrected chi connectivity index (χ1v) is 8.26. The molecule has 6 nitrogen and oxygen atoms in total. The van der Waals surface area contributed by atoms with Crippen LogP contribution in [-0.4, -0.2) is 34.1 Å². The molecule has 0 aliphatic heterocycles. The lowest BCUT2D eigenvalue weighted by molar-refractivity contribution is 0.0527. The van der Waals surface area contributed by atoms with Gasteiger partial charge in [0.05, 0.1) is 17.4 Å². The third-order valence-corrected chi connectivity index (χ3v) is 3.53. The van der Waals surface area contributed by atoms with Gasteiger partial charge in [0.2, 0.25) is 0 Å². The van der Waals surface area contributed by atoms with Gasteiger partial charge in [-0.2, -0.15) is 0 Å². The Morgan fingerprint density at radius 3 is 2.79 bits per heavy atom. The second-order valence-electron chi connectivity index (χ2n) is 6.79. The van der Waals surface area contributed by atoms with E-state index >= 15 is 0 Å². The average Bonchev–Trinajstić information content (AvgIpc) is 2.91. The van der Waals surface area contributed by atoms with Gasteiger partial charge in [-0.3, -0.25) is 4.79 Å². The molecule has 1 N–H and O–H groups in total. The van der Waals surface area contributed by atoms with Gasteiger partial charge in [-0.15, -0.1) is 0 Å².